The molecule has 0 bridgehead atoms. The number of rotatable bonds is 7. The molecule has 1 heterocycles. The number of nitrogens with one attached hydrogen (secondary N) is 1. The Kier molecular flexibility index (Phi) is 7.19. The molecular weight excluding hydrogens is 493 g/mol. The molecule has 0 aromatic heterocycles. The van der Waals surface area contributed by atoms with Crippen LogP contribution in [0.4, 0.5) is 8.78 Å². The van der Waals surface area contributed by atoms with Crippen molar-refractivity contribution in [2.24, 2.45) is 0 Å². The van der Waals surface area contributed by atoms with Crippen LogP contribution in [0, 0.1) is 11.6 Å². The second kappa shape index (κ2) is 9.78. The summed E-state index contributed by atoms with van der Waals surface area (Å²) in [6.07, 6.45) is 2.81. The van der Waals surface area contributed by atoms with Gasteiger partial charge in [0.25, 0.3) is 5.91 Å². The molecule has 1 saturated carbocycles. The number of carbonyl (C=O) groups excluding carboxylic acids is 1. The van der Waals surface area contributed by atoms with Crippen molar-refractivity contribution < 1.29 is 22.5 Å². The first-order valence-corrected chi connectivity index (χ1v) is 13.2. The highest BCUT2D eigenvalue weighted by Crippen LogP contribution is 2.32. The Morgan fingerprint density at radius 3 is 2.64 bits per heavy atom. The van der Waals surface area contributed by atoms with E-state index >= 15 is 0 Å². The van der Waals surface area contributed by atoms with Crippen molar-refractivity contribution in [3.05, 3.63) is 63.1 Å². The number of piperidine rings is 1. The van der Waals surface area contributed by atoms with Gasteiger partial charge in [0.1, 0.15) is 23.5 Å². The molecule has 4 rings (SSSR count). The van der Waals surface area contributed by atoms with E-state index in [1.54, 1.807) is 6.07 Å². The Labute approximate surface area is 202 Å². The summed E-state index contributed by atoms with van der Waals surface area (Å²) in [4.78, 5) is 14.5. The van der Waals surface area contributed by atoms with Gasteiger partial charge in [0.15, 0.2) is 0 Å². The monoisotopic (exact) mass is 516 g/mol. The topological polar surface area (TPSA) is 58.6 Å². The van der Waals surface area contributed by atoms with Gasteiger partial charge >= 0.3 is 0 Å². The minimum Gasteiger partial charge on any atom is -0.487 e. The summed E-state index contributed by atoms with van der Waals surface area (Å²) in [7, 11) is -2.81. The Morgan fingerprint density at radius 2 is 1.94 bits per heavy atom. The Balaban J connectivity index is 1.41. The zero-order valence-corrected chi connectivity index (χ0v) is 20.1. The molecule has 1 amide bonds. The molecule has 0 radical (unpaired) electrons. The molecule has 1 unspecified atom stereocenters. The van der Waals surface area contributed by atoms with Gasteiger partial charge in [-0.15, -0.1) is 0 Å². The zero-order valence-electron chi connectivity index (χ0n) is 17.8. The number of carbonyl (C=O) groups is 1. The molecule has 2 aliphatic rings. The second-order valence-corrected chi connectivity index (χ2v) is 11.6. The van der Waals surface area contributed by atoms with Gasteiger partial charge in [0.2, 0.25) is 0 Å². The lowest BCUT2D eigenvalue weighted by molar-refractivity contribution is 0.0841. The van der Waals surface area contributed by atoms with Crippen LogP contribution in [-0.4, -0.2) is 45.3 Å². The van der Waals surface area contributed by atoms with Crippen molar-refractivity contribution in [2.45, 2.75) is 43.6 Å². The molecule has 178 valence electrons. The lowest BCUT2D eigenvalue weighted by Crippen LogP contribution is -2.40. The fraction of sp³-hybridized carbons (Fsp3) is 0.391. The van der Waals surface area contributed by atoms with Crippen molar-refractivity contribution in [2.75, 3.05) is 13.1 Å². The standard InChI is InChI=1S/C23H24Cl2F2N2O3S/c1-33(31,17-6-7-17)28-23(30)18-10-20(25)22(11-21(18)27)32-16-3-2-8-29(13-16)12-14-4-5-15(26)9-19(14)24/h4-5,9-11,16-17H,1-3,6-8,12-13H2,(H,28,30,31)/t16-,33?/m1/s1. The van der Waals surface area contributed by atoms with E-state index in [0.717, 1.165) is 43.9 Å². The Morgan fingerprint density at radius 1 is 1.18 bits per heavy atom. The molecule has 2 aromatic rings. The quantitative estimate of drug-likeness (QED) is 0.535. The maximum atomic E-state index is 14.7. The molecule has 33 heavy (non-hydrogen) atoms. The van der Waals surface area contributed by atoms with Gasteiger partial charge < -0.3 is 4.74 Å². The highest BCUT2D eigenvalue weighted by atomic mass is 35.5. The number of nitrogens with zero attached hydrogens (tertiary/aromatic N) is 1. The number of hydrogen-bond acceptors (Lipinski definition) is 4. The number of likely N-dealkylation sites (tertiary alicyclic amines) is 1. The van der Waals surface area contributed by atoms with Crippen LogP contribution in [0.15, 0.2) is 30.3 Å². The van der Waals surface area contributed by atoms with Crippen LogP contribution in [0.2, 0.25) is 10.0 Å². The number of hydrogen-bond donors (Lipinski definition) is 1. The molecule has 5 nitrogen and oxygen atoms in total. The third-order valence-electron chi connectivity index (χ3n) is 5.76. The molecule has 2 fully saturated rings. The average molecular weight is 517 g/mol. The first-order chi connectivity index (χ1) is 15.6. The zero-order chi connectivity index (χ0) is 23.8. The van der Waals surface area contributed by atoms with E-state index in [2.05, 4.69) is 15.5 Å². The summed E-state index contributed by atoms with van der Waals surface area (Å²) in [5.41, 5.74) is 0.506. The van der Waals surface area contributed by atoms with E-state index in [4.69, 9.17) is 27.9 Å². The van der Waals surface area contributed by atoms with Crippen molar-refractivity contribution in [3.63, 3.8) is 0 Å². The van der Waals surface area contributed by atoms with Gasteiger partial charge in [-0.05, 0) is 61.9 Å². The maximum absolute atomic E-state index is 14.7. The van der Waals surface area contributed by atoms with Gasteiger partial charge in [-0.3, -0.25) is 14.4 Å². The van der Waals surface area contributed by atoms with Gasteiger partial charge in [-0.1, -0.05) is 29.3 Å². The minimum absolute atomic E-state index is 0.0854. The van der Waals surface area contributed by atoms with Crippen molar-refractivity contribution in [1.29, 1.82) is 0 Å². The molecule has 10 heteroatoms. The first-order valence-electron chi connectivity index (χ1n) is 10.6. The lowest BCUT2D eigenvalue weighted by Gasteiger charge is -2.33. The van der Waals surface area contributed by atoms with Crippen LogP contribution in [0.25, 0.3) is 0 Å². The summed E-state index contributed by atoms with van der Waals surface area (Å²) in [6, 6.07) is 6.58. The van der Waals surface area contributed by atoms with Crippen LogP contribution < -0.4 is 9.46 Å². The third kappa shape index (κ3) is 5.98. The van der Waals surface area contributed by atoms with E-state index < -0.39 is 21.4 Å². The fourth-order valence-corrected chi connectivity index (χ4v) is 5.78. The Bertz CT molecular complexity index is 1170. The summed E-state index contributed by atoms with van der Waals surface area (Å²) in [6.45, 7) is 1.91. The summed E-state index contributed by atoms with van der Waals surface area (Å²) in [5, 5.41) is 0.286. The smallest absolute Gasteiger partial charge is 0.265 e. The Hall–Kier alpha value is -1.87. The molecule has 1 aliphatic heterocycles. The molecular formula is C23H24Cl2F2N2O3S. The first kappa shape index (κ1) is 24.3. The predicted octanol–water partition coefficient (Wildman–Crippen LogP) is 4.84. The lowest BCUT2D eigenvalue weighted by atomic mass is 10.1. The molecule has 2 atom stereocenters. The predicted molar refractivity (Wildman–Crippen MR) is 127 cm³/mol. The van der Waals surface area contributed by atoms with Gasteiger partial charge in [0.05, 0.1) is 20.3 Å². The van der Waals surface area contributed by atoms with Gasteiger partial charge in [-0.25, -0.2) is 13.0 Å². The van der Waals surface area contributed by atoms with Crippen LogP contribution in [0.3, 0.4) is 0 Å². The summed E-state index contributed by atoms with van der Waals surface area (Å²) < 4.78 is 48.7. The van der Waals surface area contributed by atoms with Gasteiger partial charge in [0, 0.05) is 29.4 Å². The molecule has 2 aromatic carbocycles. The van der Waals surface area contributed by atoms with Crippen molar-refractivity contribution in [1.82, 2.24) is 9.62 Å². The number of halogens is 4. The highest BCUT2D eigenvalue weighted by molar-refractivity contribution is 7.99. The fourth-order valence-electron chi connectivity index (χ4n) is 3.86. The van der Waals surface area contributed by atoms with Crippen molar-refractivity contribution in [3.8, 4) is 5.75 Å². The number of benzene rings is 2. The van der Waals surface area contributed by atoms with Crippen molar-refractivity contribution >= 4 is 44.7 Å². The summed E-state index contributed by atoms with van der Waals surface area (Å²) >= 11 is 12.4. The van der Waals surface area contributed by atoms with E-state index in [0.29, 0.717) is 18.1 Å². The highest BCUT2D eigenvalue weighted by Gasteiger charge is 2.33. The van der Waals surface area contributed by atoms with Crippen LogP contribution in [0.5, 0.6) is 5.75 Å². The average Bonchev–Trinajstić information content (AvgIpc) is 3.59. The van der Waals surface area contributed by atoms with E-state index in [1.807, 2.05) is 0 Å². The maximum Gasteiger partial charge on any atom is 0.265 e. The largest absolute Gasteiger partial charge is 0.487 e. The molecule has 0 spiro atoms. The number of amides is 1. The molecule has 1 saturated heterocycles. The normalized spacial score (nSPS) is 20.8. The van der Waals surface area contributed by atoms with E-state index in [1.165, 1.54) is 18.2 Å². The van der Waals surface area contributed by atoms with Crippen LogP contribution in [-0.2, 0) is 16.3 Å². The molecule has 1 N–H and O–H groups in total. The minimum atomic E-state index is -2.81. The third-order valence-corrected chi connectivity index (χ3v) is 8.49. The number of ether oxygens (including phenoxy) is 1. The van der Waals surface area contributed by atoms with Crippen LogP contribution >= 0.6 is 23.2 Å². The summed E-state index contributed by atoms with van der Waals surface area (Å²) in [5.74, 6) is 1.69. The van der Waals surface area contributed by atoms with Crippen LogP contribution in [0.1, 0.15) is 41.6 Å². The van der Waals surface area contributed by atoms with E-state index in [9.17, 15) is 17.8 Å². The van der Waals surface area contributed by atoms with Gasteiger partial charge in [-0.2, -0.15) is 0 Å². The second-order valence-electron chi connectivity index (χ2n) is 8.47. The van der Waals surface area contributed by atoms with E-state index in [-0.39, 0.29) is 33.5 Å². The SMILES string of the molecule is C=S(=O)(NC(=O)c1cc(Cl)c(O[C@@H]2CCCN(Cc3ccc(F)cc3Cl)C2)cc1F)C1CC1. The molecule has 1 aliphatic carbocycles.